The van der Waals surface area contributed by atoms with Gasteiger partial charge in [-0.25, -0.2) is 4.39 Å². The van der Waals surface area contributed by atoms with Crippen molar-refractivity contribution in [3.05, 3.63) is 64.0 Å². The van der Waals surface area contributed by atoms with Crippen LogP contribution in [0.4, 0.5) is 15.8 Å². The molecule has 0 unspecified atom stereocenters. The summed E-state index contributed by atoms with van der Waals surface area (Å²) in [5, 5.41) is 25.7. The minimum absolute atomic E-state index is 0.360. The van der Waals surface area contributed by atoms with Gasteiger partial charge in [0.25, 0.3) is 5.69 Å². The van der Waals surface area contributed by atoms with E-state index in [9.17, 15) is 19.6 Å². The van der Waals surface area contributed by atoms with E-state index in [2.05, 4.69) is 10.5 Å². The van der Waals surface area contributed by atoms with E-state index in [4.69, 9.17) is 0 Å². The van der Waals surface area contributed by atoms with Gasteiger partial charge in [-0.15, -0.1) is 0 Å². The SMILES string of the molecule is O=[N+]([O-])c1cc(/C=N\Nc2ccc(F)cc2)ccc1[O-]. The highest BCUT2D eigenvalue weighted by molar-refractivity contribution is 5.82. The molecule has 0 amide bonds. The summed E-state index contributed by atoms with van der Waals surface area (Å²) in [7, 11) is 0. The van der Waals surface area contributed by atoms with Crippen molar-refractivity contribution in [3.63, 3.8) is 0 Å². The fraction of sp³-hybridized carbons (Fsp3) is 0. The standard InChI is InChI=1S/C13H10FN3O3/c14-10-2-4-11(5-3-10)16-15-8-9-1-6-13(18)12(7-9)17(19)20/h1-8,16,18H/p-1/b15-8-. The van der Waals surface area contributed by atoms with Gasteiger partial charge in [0.1, 0.15) is 5.82 Å². The Labute approximate surface area is 113 Å². The topological polar surface area (TPSA) is 90.6 Å². The van der Waals surface area contributed by atoms with Crippen molar-refractivity contribution < 1.29 is 14.4 Å². The zero-order chi connectivity index (χ0) is 14.5. The number of rotatable bonds is 4. The second-order valence-electron chi connectivity index (χ2n) is 3.86. The van der Waals surface area contributed by atoms with Crippen LogP contribution in [0.3, 0.4) is 0 Å². The van der Waals surface area contributed by atoms with Crippen molar-refractivity contribution in [2.24, 2.45) is 5.10 Å². The fourth-order valence-electron chi connectivity index (χ4n) is 1.46. The van der Waals surface area contributed by atoms with Crippen LogP contribution in [-0.4, -0.2) is 11.1 Å². The van der Waals surface area contributed by atoms with Gasteiger partial charge in [-0.1, -0.05) is 12.1 Å². The first-order valence-electron chi connectivity index (χ1n) is 5.56. The van der Waals surface area contributed by atoms with Gasteiger partial charge < -0.3 is 5.11 Å². The molecule has 20 heavy (non-hydrogen) atoms. The zero-order valence-electron chi connectivity index (χ0n) is 10.1. The van der Waals surface area contributed by atoms with Crippen LogP contribution in [0.1, 0.15) is 5.56 Å². The number of nitrogens with zero attached hydrogens (tertiary/aromatic N) is 2. The summed E-state index contributed by atoms with van der Waals surface area (Å²) in [4.78, 5) is 9.87. The van der Waals surface area contributed by atoms with Gasteiger partial charge >= 0.3 is 0 Å². The average molecular weight is 274 g/mol. The first-order chi connectivity index (χ1) is 9.56. The molecule has 0 aliphatic carbocycles. The number of benzene rings is 2. The van der Waals surface area contributed by atoms with Crippen LogP contribution in [0.2, 0.25) is 0 Å². The molecule has 0 aliphatic rings. The van der Waals surface area contributed by atoms with E-state index in [-0.39, 0.29) is 5.82 Å². The Balaban J connectivity index is 2.10. The minimum Gasteiger partial charge on any atom is -0.868 e. The second kappa shape index (κ2) is 5.79. The summed E-state index contributed by atoms with van der Waals surface area (Å²) >= 11 is 0. The summed E-state index contributed by atoms with van der Waals surface area (Å²) in [6.07, 6.45) is 1.33. The van der Waals surface area contributed by atoms with Crippen LogP contribution >= 0.6 is 0 Å². The van der Waals surface area contributed by atoms with Crippen molar-refractivity contribution >= 4 is 17.6 Å². The van der Waals surface area contributed by atoms with E-state index < -0.39 is 16.4 Å². The molecular weight excluding hydrogens is 265 g/mol. The Morgan fingerprint density at radius 1 is 1.20 bits per heavy atom. The molecule has 0 spiro atoms. The highest BCUT2D eigenvalue weighted by Crippen LogP contribution is 2.22. The van der Waals surface area contributed by atoms with Gasteiger partial charge in [0.15, 0.2) is 0 Å². The molecule has 1 N–H and O–H groups in total. The van der Waals surface area contributed by atoms with Crippen LogP contribution in [0, 0.1) is 15.9 Å². The largest absolute Gasteiger partial charge is 0.868 e. The third-order valence-corrected chi connectivity index (χ3v) is 2.43. The predicted octanol–water partition coefficient (Wildman–Crippen LogP) is 2.25. The summed E-state index contributed by atoms with van der Waals surface area (Å²) < 4.78 is 12.7. The van der Waals surface area contributed by atoms with Crippen molar-refractivity contribution in [2.45, 2.75) is 0 Å². The number of hydrazone groups is 1. The molecule has 0 aliphatic heterocycles. The Kier molecular flexibility index (Phi) is 3.90. The van der Waals surface area contributed by atoms with Crippen molar-refractivity contribution in [1.29, 1.82) is 0 Å². The van der Waals surface area contributed by atoms with Crippen molar-refractivity contribution in [2.75, 3.05) is 5.43 Å². The molecule has 0 bridgehead atoms. The normalized spacial score (nSPS) is 10.7. The fourth-order valence-corrected chi connectivity index (χ4v) is 1.46. The molecule has 0 saturated heterocycles. The molecule has 7 heteroatoms. The van der Waals surface area contributed by atoms with Crippen LogP contribution in [0.5, 0.6) is 5.75 Å². The molecule has 0 radical (unpaired) electrons. The Morgan fingerprint density at radius 3 is 2.55 bits per heavy atom. The summed E-state index contributed by atoms with van der Waals surface area (Å²) in [5.74, 6) is -1.01. The molecule has 2 rings (SSSR count). The molecule has 0 atom stereocenters. The van der Waals surface area contributed by atoms with Gasteiger partial charge in [-0.05, 0) is 30.0 Å². The first kappa shape index (κ1) is 13.5. The third-order valence-electron chi connectivity index (χ3n) is 2.43. The number of nitro benzene ring substituents is 1. The highest BCUT2D eigenvalue weighted by atomic mass is 19.1. The molecule has 2 aromatic carbocycles. The average Bonchev–Trinajstić information content (AvgIpc) is 2.42. The zero-order valence-corrected chi connectivity index (χ0v) is 10.1. The van der Waals surface area contributed by atoms with Crippen molar-refractivity contribution in [1.82, 2.24) is 0 Å². The van der Waals surface area contributed by atoms with Gasteiger partial charge in [0.2, 0.25) is 0 Å². The van der Waals surface area contributed by atoms with E-state index in [0.29, 0.717) is 11.3 Å². The van der Waals surface area contributed by atoms with Gasteiger partial charge in [0.05, 0.1) is 16.8 Å². The highest BCUT2D eigenvalue weighted by Gasteiger charge is 2.06. The second-order valence-corrected chi connectivity index (χ2v) is 3.86. The van der Waals surface area contributed by atoms with Crippen LogP contribution in [-0.2, 0) is 0 Å². The maximum absolute atomic E-state index is 12.7. The molecule has 6 nitrogen and oxygen atoms in total. The lowest BCUT2D eigenvalue weighted by molar-refractivity contribution is -0.398. The number of nitro groups is 1. The van der Waals surface area contributed by atoms with E-state index in [0.717, 1.165) is 12.1 Å². The van der Waals surface area contributed by atoms with E-state index >= 15 is 0 Å². The lowest BCUT2D eigenvalue weighted by Gasteiger charge is -2.06. The van der Waals surface area contributed by atoms with Gasteiger partial charge in [0, 0.05) is 11.6 Å². The lowest BCUT2D eigenvalue weighted by atomic mass is 10.2. The monoisotopic (exact) mass is 274 g/mol. The molecule has 2 aromatic rings. The number of halogens is 1. The first-order valence-corrected chi connectivity index (χ1v) is 5.56. The third kappa shape index (κ3) is 3.29. The van der Waals surface area contributed by atoms with E-state index in [1.807, 2.05) is 0 Å². The summed E-state index contributed by atoms with van der Waals surface area (Å²) in [6.45, 7) is 0. The lowest BCUT2D eigenvalue weighted by Crippen LogP contribution is -1.99. The summed E-state index contributed by atoms with van der Waals surface area (Å²) in [6, 6.07) is 9.20. The van der Waals surface area contributed by atoms with Crippen LogP contribution in [0.25, 0.3) is 0 Å². The van der Waals surface area contributed by atoms with E-state index in [1.54, 1.807) is 0 Å². The maximum atomic E-state index is 12.7. The maximum Gasteiger partial charge on any atom is 0.262 e. The van der Waals surface area contributed by atoms with Gasteiger partial charge in [-0.3, -0.25) is 15.5 Å². The molecule has 0 saturated carbocycles. The Bertz CT molecular complexity index is 656. The minimum atomic E-state index is -0.743. The number of hydrogen-bond acceptors (Lipinski definition) is 5. The van der Waals surface area contributed by atoms with Crippen LogP contribution < -0.4 is 10.5 Å². The quantitative estimate of drug-likeness (QED) is 0.526. The molecule has 0 heterocycles. The Morgan fingerprint density at radius 2 is 1.90 bits per heavy atom. The number of hydrogen-bond donors (Lipinski definition) is 1. The van der Waals surface area contributed by atoms with Gasteiger partial charge in [-0.2, -0.15) is 5.10 Å². The smallest absolute Gasteiger partial charge is 0.262 e. The molecule has 0 aromatic heterocycles. The van der Waals surface area contributed by atoms with E-state index in [1.165, 1.54) is 36.5 Å². The summed E-state index contributed by atoms with van der Waals surface area (Å²) in [5.41, 5.74) is 3.11. The van der Waals surface area contributed by atoms with Crippen molar-refractivity contribution in [3.8, 4) is 5.75 Å². The molecule has 0 fully saturated rings. The van der Waals surface area contributed by atoms with Crippen LogP contribution in [0.15, 0.2) is 47.6 Å². The predicted molar refractivity (Wildman–Crippen MR) is 70.2 cm³/mol. The molecule has 102 valence electrons. The Hall–Kier alpha value is -2.96. The number of nitrogens with one attached hydrogen (secondary N) is 1. The number of anilines is 1. The molecular formula is C13H9FN3O3-.